The van der Waals surface area contributed by atoms with E-state index < -0.39 is 24.0 Å². The first-order chi connectivity index (χ1) is 9.86. The average molecular weight is 302 g/mol. The topological polar surface area (TPSA) is 71.2 Å². The summed E-state index contributed by atoms with van der Waals surface area (Å²) in [6, 6.07) is 4.55. The van der Waals surface area contributed by atoms with Crippen LogP contribution in [0.25, 0.3) is 0 Å². The number of nitrogens with zero attached hydrogens (tertiary/aromatic N) is 2. The SMILES string of the molecule is NC(=O)C(CC(F)(F)F)(c1ccccn1)N1CCNCC1. The number of primary amides is 1. The molecule has 5 nitrogen and oxygen atoms in total. The summed E-state index contributed by atoms with van der Waals surface area (Å²) in [5.74, 6) is -1.03. The van der Waals surface area contributed by atoms with Gasteiger partial charge in [-0.05, 0) is 12.1 Å². The minimum atomic E-state index is -4.53. The van der Waals surface area contributed by atoms with Gasteiger partial charge in [0.15, 0.2) is 5.54 Å². The molecule has 0 bridgehead atoms. The van der Waals surface area contributed by atoms with E-state index in [1.807, 2.05) is 0 Å². The molecule has 0 aliphatic carbocycles. The zero-order valence-corrected chi connectivity index (χ0v) is 11.4. The van der Waals surface area contributed by atoms with Crippen molar-refractivity contribution >= 4 is 5.91 Å². The molecule has 0 aromatic carbocycles. The number of nitrogens with two attached hydrogens (primary N) is 1. The van der Waals surface area contributed by atoms with Crippen LogP contribution in [0.3, 0.4) is 0 Å². The normalized spacial score (nSPS) is 20.0. The molecule has 116 valence electrons. The number of nitrogens with one attached hydrogen (secondary N) is 1. The number of hydrogen-bond acceptors (Lipinski definition) is 4. The van der Waals surface area contributed by atoms with Crippen molar-refractivity contribution in [3.05, 3.63) is 30.1 Å². The Hall–Kier alpha value is -1.67. The summed E-state index contributed by atoms with van der Waals surface area (Å²) in [6.07, 6.45) is -4.50. The van der Waals surface area contributed by atoms with Gasteiger partial charge in [0.1, 0.15) is 0 Å². The van der Waals surface area contributed by atoms with Crippen LogP contribution in [0.1, 0.15) is 12.1 Å². The van der Waals surface area contributed by atoms with E-state index in [2.05, 4.69) is 10.3 Å². The molecule has 1 fully saturated rings. The first-order valence-corrected chi connectivity index (χ1v) is 6.60. The van der Waals surface area contributed by atoms with Crippen LogP contribution in [0.15, 0.2) is 24.4 Å². The van der Waals surface area contributed by atoms with Crippen molar-refractivity contribution in [2.45, 2.75) is 18.1 Å². The monoisotopic (exact) mass is 302 g/mol. The number of carbonyl (C=O) groups is 1. The van der Waals surface area contributed by atoms with E-state index in [1.54, 1.807) is 12.1 Å². The highest BCUT2D eigenvalue weighted by atomic mass is 19.4. The largest absolute Gasteiger partial charge is 0.391 e. The van der Waals surface area contributed by atoms with E-state index in [1.165, 1.54) is 17.2 Å². The molecule has 21 heavy (non-hydrogen) atoms. The minimum Gasteiger partial charge on any atom is -0.368 e. The Morgan fingerprint density at radius 2 is 2.00 bits per heavy atom. The van der Waals surface area contributed by atoms with Crippen molar-refractivity contribution in [1.29, 1.82) is 0 Å². The fourth-order valence-corrected chi connectivity index (χ4v) is 2.68. The lowest BCUT2D eigenvalue weighted by atomic mass is 9.86. The van der Waals surface area contributed by atoms with Crippen molar-refractivity contribution < 1.29 is 18.0 Å². The molecule has 1 unspecified atom stereocenters. The Labute approximate surface area is 120 Å². The predicted octanol–water partition coefficient (Wildman–Crippen LogP) is 0.620. The summed E-state index contributed by atoms with van der Waals surface area (Å²) in [5.41, 5.74) is 3.48. The molecule has 3 N–H and O–H groups in total. The maximum atomic E-state index is 13.1. The summed E-state index contributed by atoms with van der Waals surface area (Å²) in [7, 11) is 0. The first kappa shape index (κ1) is 15.7. The number of carbonyl (C=O) groups excluding carboxylic acids is 1. The quantitative estimate of drug-likeness (QED) is 0.855. The van der Waals surface area contributed by atoms with Gasteiger partial charge in [-0.2, -0.15) is 13.2 Å². The second kappa shape index (κ2) is 5.98. The van der Waals surface area contributed by atoms with Crippen LogP contribution in [0.2, 0.25) is 0 Å². The fraction of sp³-hybridized carbons (Fsp3) is 0.538. The Kier molecular flexibility index (Phi) is 4.48. The van der Waals surface area contributed by atoms with Crippen molar-refractivity contribution in [1.82, 2.24) is 15.2 Å². The summed E-state index contributed by atoms with van der Waals surface area (Å²) < 4.78 is 39.2. The Morgan fingerprint density at radius 1 is 1.33 bits per heavy atom. The van der Waals surface area contributed by atoms with Crippen LogP contribution in [-0.2, 0) is 10.3 Å². The minimum absolute atomic E-state index is 0.0386. The third kappa shape index (κ3) is 3.33. The van der Waals surface area contributed by atoms with Gasteiger partial charge in [0.25, 0.3) is 0 Å². The molecular formula is C13H17F3N4O. The van der Waals surface area contributed by atoms with Crippen LogP contribution in [0.5, 0.6) is 0 Å². The summed E-state index contributed by atoms with van der Waals surface area (Å²) in [5, 5.41) is 3.04. The van der Waals surface area contributed by atoms with Crippen molar-refractivity contribution in [3.8, 4) is 0 Å². The summed E-state index contributed by atoms with van der Waals surface area (Å²) in [6.45, 7) is 1.60. The number of hydrogen-bond donors (Lipinski definition) is 2. The number of piperazine rings is 1. The van der Waals surface area contributed by atoms with Crippen molar-refractivity contribution in [2.24, 2.45) is 5.73 Å². The number of pyridine rings is 1. The number of amides is 1. The Bertz CT molecular complexity index is 488. The zero-order valence-electron chi connectivity index (χ0n) is 11.4. The molecule has 0 saturated carbocycles. The van der Waals surface area contributed by atoms with Gasteiger partial charge in [-0.25, -0.2) is 0 Å². The highest BCUT2D eigenvalue weighted by Crippen LogP contribution is 2.38. The van der Waals surface area contributed by atoms with E-state index in [9.17, 15) is 18.0 Å². The van der Waals surface area contributed by atoms with Crippen LogP contribution in [0, 0.1) is 0 Å². The molecule has 1 aromatic heterocycles. The molecule has 8 heteroatoms. The number of halogens is 3. The highest BCUT2D eigenvalue weighted by molar-refractivity contribution is 5.85. The molecule has 1 amide bonds. The molecule has 1 aromatic rings. The van der Waals surface area contributed by atoms with Crippen LogP contribution in [-0.4, -0.2) is 48.1 Å². The van der Waals surface area contributed by atoms with E-state index in [0.717, 1.165) is 0 Å². The fourth-order valence-electron chi connectivity index (χ4n) is 2.68. The predicted molar refractivity (Wildman–Crippen MR) is 70.2 cm³/mol. The van der Waals surface area contributed by atoms with Gasteiger partial charge in [-0.15, -0.1) is 0 Å². The molecule has 2 rings (SSSR count). The first-order valence-electron chi connectivity index (χ1n) is 6.60. The van der Waals surface area contributed by atoms with Gasteiger partial charge in [0.05, 0.1) is 12.1 Å². The van der Waals surface area contributed by atoms with E-state index in [4.69, 9.17) is 5.73 Å². The lowest BCUT2D eigenvalue weighted by molar-refractivity contribution is -0.175. The lowest BCUT2D eigenvalue weighted by Gasteiger charge is -2.43. The summed E-state index contributed by atoms with van der Waals surface area (Å²) >= 11 is 0. The van der Waals surface area contributed by atoms with Gasteiger partial charge in [0, 0.05) is 32.4 Å². The van der Waals surface area contributed by atoms with E-state index >= 15 is 0 Å². The van der Waals surface area contributed by atoms with Gasteiger partial charge < -0.3 is 11.1 Å². The number of rotatable bonds is 4. The summed E-state index contributed by atoms with van der Waals surface area (Å²) in [4.78, 5) is 17.5. The smallest absolute Gasteiger partial charge is 0.368 e. The third-order valence-corrected chi connectivity index (χ3v) is 3.61. The standard InChI is InChI=1S/C13H17F3N4O/c14-13(15,16)9-12(11(17)21,10-3-1-2-4-19-10)20-7-5-18-6-8-20/h1-4,18H,5-9H2,(H2,17,21). The van der Waals surface area contributed by atoms with Gasteiger partial charge in [-0.3, -0.25) is 14.7 Å². The molecule has 1 atom stereocenters. The Morgan fingerprint density at radius 3 is 2.48 bits per heavy atom. The Balaban J connectivity index is 2.51. The maximum Gasteiger partial charge on any atom is 0.391 e. The van der Waals surface area contributed by atoms with Crippen molar-refractivity contribution in [2.75, 3.05) is 26.2 Å². The third-order valence-electron chi connectivity index (χ3n) is 3.61. The molecule has 0 spiro atoms. The molecular weight excluding hydrogens is 285 g/mol. The molecule has 1 aliphatic rings. The highest BCUT2D eigenvalue weighted by Gasteiger charge is 2.53. The van der Waals surface area contributed by atoms with E-state index in [0.29, 0.717) is 26.2 Å². The second-order valence-electron chi connectivity index (χ2n) is 4.97. The van der Waals surface area contributed by atoms with Crippen LogP contribution >= 0.6 is 0 Å². The zero-order chi connectivity index (χ0) is 15.5. The van der Waals surface area contributed by atoms with Gasteiger partial charge in [0.2, 0.25) is 5.91 Å². The maximum absolute atomic E-state index is 13.1. The van der Waals surface area contributed by atoms with E-state index in [-0.39, 0.29) is 5.69 Å². The van der Waals surface area contributed by atoms with Gasteiger partial charge in [-0.1, -0.05) is 6.07 Å². The van der Waals surface area contributed by atoms with Crippen LogP contribution in [0.4, 0.5) is 13.2 Å². The molecule has 0 radical (unpaired) electrons. The molecule has 2 heterocycles. The molecule has 1 saturated heterocycles. The number of alkyl halides is 3. The average Bonchev–Trinajstić information content (AvgIpc) is 2.45. The second-order valence-corrected chi connectivity index (χ2v) is 4.97. The lowest BCUT2D eigenvalue weighted by Crippen LogP contribution is -2.61. The number of aromatic nitrogens is 1. The van der Waals surface area contributed by atoms with Gasteiger partial charge >= 0.3 is 6.18 Å². The molecule has 1 aliphatic heterocycles. The van der Waals surface area contributed by atoms with Crippen LogP contribution < -0.4 is 11.1 Å². The van der Waals surface area contributed by atoms with Crippen molar-refractivity contribution in [3.63, 3.8) is 0 Å².